The van der Waals surface area contributed by atoms with Gasteiger partial charge < -0.3 is 14.6 Å². The Morgan fingerprint density at radius 2 is 2.26 bits per heavy atom. The molecule has 1 aliphatic rings. The van der Waals surface area contributed by atoms with E-state index in [1.165, 1.54) is 0 Å². The fourth-order valence-electron chi connectivity index (χ4n) is 3.34. The average molecular weight is 333 g/mol. The summed E-state index contributed by atoms with van der Waals surface area (Å²) in [6.07, 6.45) is 4.74. The number of nitrogens with zero attached hydrogens (tertiary/aromatic N) is 3. The largest absolute Gasteiger partial charge is 0.385 e. The first-order valence-corrected chi connectivity index (χ1v) is 8.80. The number of rotatable bonds is 3. The minimum Gasteiger partial charge on any atom is -0.385 e. The van der Waals surface area contributed by atoms with Crippen molar-refractivity contribution in [1.82, 2.24) is 14.5 Å². The summed E-state index contributed by atoms with van der Waals surface area (Å²) in [5, 5.41) is 10.6. The van der Waals surface area contributed by atoms with E-state index in [2.05, 4.69) is 4.98 Å². The van der Waals surface area contributed by atoms with Crippen LogP contribution in [0.4, 0.5) is 0 Å². The monoisotopic (exact) mass is 333 g/mol. The Balaban J connectivity index is 1.74. The van der Waals surface area contributed by atoms with Crippen molar-refractivity contribution in [2.24, 2.45) is 13.0 Å². The number of aliphatic hydroxyl groups excluding tert-OH is 1. The maximum atomic E-state index is 12.8. The van der Waals surface area contributed by atoms with Gasteiger partial charge in [0.15, 0.2) is 0 Å². The van der Waals surface area contributed by atoms with Crippen molar-refractivity contribution in [2.75, 3.05) is 13.1 Å². The van der Waals surface area contributed by atoms with Gasteiger partial charge in [-0.1, -0.05) is 0 Å². The number of imidazole rings is 1. The molecule has 0 saturated carbocycles. The average Bonchev–Trinajstić information content (AvgIpc) is 3.11. The van der Waals surface area contributed by atoms with E-state index in [4.69, 9.17) is 0 Å². The first kappa shape index (κ1) is 16.2. The van der Waals surface area contributed by atoms with Crippen molar-refractivity contribution in [3.8, 4) is 0 Å². The lowest BCUT2D eigenvalue weighted by Crippen LogP contribution is -2.42. The van der Waals surface area contributed by atoms with Gasteiger partial charge in [0.1, 0.15) is 11.9 Å². The summed E-state index contributed by atoms with van der Waals surface area (Å²) < 4.78 is 1.85. The zero-order valence-corrected chi connectivity index (χ0v) is 14.6. The molecule has 2 aromatic rings. The molecule has 0 radical (unpaired) electrons. The highest BCUT2D eigenvalue weighted by atomic mass is 32.1. The standard InChI is InChI=1S/C17H23N3O2S/c1-11-9-14(12(2)23-11)17(22)20-7-4-5-13(10-20)15(21)16-18-6-8-19(16)3/h6,8-9,13,15,21H,4-5,7,10H2,1-3H3. The lowest BCUT2D eigenvalue weighted by atomic mass is 9.91. The van der Waals surface area contributed by atoms with Crippen LogP contribution in [-0.4, -0.2) is 38.6 Å². The molecule has 0 bridgehead atoms. The van der Waals surface area contributed by atoms with Crippen LogP contribution in [0.15, 0.2) is 18.5 Å². The highest BCUT2D eigenvalue weighted by Crippen LogP contribution is 2.30. The molecule has 0 aliphatic carbocycles. The zero-order chi connectivity index (χ0) is 16.6. The van der Waals surface area contributed by atoms with Gasteiger partial charge >= 0.3 is 0 Å². The molecule has 2 unspecified atom stereocenters. The van der Waals surface area contributed by atoms with Crippen molar-refractivity contribution in [3.05, 3.63) is 39.6 Å². The lowest BCUT2D eigenvalue weighted by Gasteiger charge is -2.35. The van der Waals surface area contributed by atoms with E-state index < -0.39 is 6.10 Å². The topological polar surface area (TPSA) is 58.4 Å². The second-order valence-corrected chi connectivity index (χ2v) is 7.78. The Morgan fingerprint density at radius 3 is 2.87 bits per heavy atom. The van der Waals surface area contributed by atoms with Crippen molar-refractivity contribution in [2.45, 2.75) is 32.8 Å². The molecule has 1 N–H and O–H groups in total. The van der Waals surface area contributed by atoms with E-state index in [1.807, 2.05) is 42.6 Å². The number of aromatic nitrogens is 2. The molecule has 1 amide bonds. The number of carbonyl (C=O) groups excluding carboxylic acids is 1. The number of hydrogen-bond donors (Lipinski definition) is 1. The number of aryl methyl sites for hydroxylation is 3. The lowest BCUT2D eigenvalue weighted by molar-refractivity contribution is 0.0358. The number of thiophene rings is 1. The molecular formula is C17H23N3O2S. The molecule has 2 atom stereocenters. The fourth-order valence-corrected chi connectivity index (χ4v) is 4.25. The smallest absolute Gasteiger partial charge is 0.254 e. The van der Waals surface area contributed by atoms with E-state index in [-0.39, 0.29) is 11.8 Å². The maximum absolute atomic E-state index is 12.8. The Morgan fingerprint density at radius 1 is 1.48 bits per heavy atom. The van der Waals surface area contributed by atoms with Crippen LogP contribution in [0.3, 0.4) is 0 Å². The van der Waals surface area contributed by atoms with Crippen LogP contribution in [0.1, 0.15) is 44.9 Å². The number of aliphatic hydroxyl groups is 1. The van der Waals surface area contributed by atoms with Gasteiger partial charge in [-0.3, -0.25) is 4.79 Å². The quantitative estimate of drug-likeness (QED) is 0.939. The minimum absolute atomic E-state index is 0.0360. The van der Waals surface area contributed by atoms with Crippen LogP contribution in [0.5, 0.6) is 0 Å². The Kier molecular flexibility index (Phi) is 4.55. The molecule has 6 heteroatoms. The molecule has 0 spiro atoms. The first-order chi connectivity index (χ1) is 11.0. The third-order valence-electron chi connectivity index (χ3n) is 4.59. The Bertz CT molecular complexity index is 707. The maximum Gasteiger partial charge on any atom is 0.254 e. The van der Waals surface area contributed by atoms with Crippen LogP contribution in [0, 0.1) is 19.8 Å². The van der Waals surface area contributed by atoms with Crippen molar-refractivity contribution in [1.29, 1.82) is 0 Å². The van der Waals surface area contributed by atoms with E-state index in [0.717, 1.165) is 34.7 Å². The number of amides is 1. The normalized spacial score (nSPS) is 19.8. The van der Waals surface area contributed by atoms with Gasteiger partial charge in [-0.05, 0) is 32.8 Å². The molecule has 1 fully saturated rings. The Labute approximate surface area is 140 Å². The van der Waals surface area contributed by atoms with Crippen LogP contribution >= 0.6 is 11.3 Å². The van der Waals surface area contributed by atoms with Crippen LogP contribution in [0.25, 0.3) is 0 Å². The second-order valence-electron chi connectivity index (χ2n) is 6.32. The van der Waals surface area contributed by atoms with Gasteiger partial charge in [0, 0.05) is 48.2 Å². The summed E-state index contributed by atoms with van der Waals surface area (Å²) in [6.45, 7) is 5.37. The summed E-state index contributed by atoms with van der Waals surface area (Å²) in [4.78, 5) is 21.1. The summed E-state index contributed by atoms with van der Waals surface area (Å²) in [5.41, 5.74) is 0.805. The summed E-state index contributed by atoms with van der Waals surface area (Å²) >= 11 is 1.66. The van der Waals surface area contributed by atoms with Crippen molar-refractivity contribution < 1.29 is 9.90 Å². The zero-order valence-electron chi connectivity index (χ0n) is 13.8. The summed E-state index contributed by atoms with van der Waals surface area (Å²) in [5.74, 6) is 0.796. The molecule has 3 rings (SSSR count). The molecular weight excluding hydrogens is 310 g/mol. The summed E-state index contributed by atoms with van der Waals surface area (Å²) in [7, 11) is 1.88. The van der Waals surface area contributed by atoms with Crippen molar-refractivity contribution >= 4 is 17.2 Å². The number of likely N-dealkylation sites (tertiary alicyclic amines) is 1. The second kappa shape index (κ2) is 6.45. The number of piperidine rings is 1. The van der Waals surface area contributed by atoms with E-state index >= 15 is 0 Å². The van der Waals surface area contributed by atoms with E-state index in [0.29, 0.717) is 12.4 Å². The van der Waals surface area contributed by atoms with Gasteiger partial charge in [-0.2, -0.15) is 0 Å². The van der Waals surface area contributed by atoms with Gasteiger partial charge in [-0.15, -0.1) is 11.3 Å². The fraction of sp³-hybridized carbons (Fsp3) is 0.529. The van der Waals surface area contributed by atoms with Gasteiger partial charge in [0.2, 0.25) is 0 Å². The van der Waals surface area contributed by atoms with Gasteiger partial charge in [0.25, 0.3) is 5.91 Å². The Hall–Kier alpha value is -1.66. The van der Waals surface area contributed by atoms with Crippen LogP contribution < -0.4 is 0 Å². The molecule has 5 nitrogen and oxygen atoms in total. The van der Waals surface area contributed by atoms with Crippen LogP contribution in [0.2, 0.25) is 0 Å². The molecule has 2 aromatic heterocycles. The highest BCUT2D eigenvalue weighted by Gasteiger charge is 2.32. The molecule has 23 heavy (non-hydrogen) atoms. The minimum atomic E-state index is -0.629. The molecule has 1 aliphatic heterocycles. The molecule has 1 saturated heterocycles. The SMILES string of the molecule is Cc1cc(C(=O)N2CCCC(C(O)c3nccn3C)C2)c(C)s1. The van der Waals surface area contributed by atoms with Crippen molar-refractivity contribution in [3.63, 3.8) is 0 Å². The highest BCUT2D eigenvalue weighted by molar-refractivity contribution is 7.12. The molecule has 0 aromatic carbocycles. The number of hydrogen-bond acceptors (Lipinski definition) is 4. The number of carbonyl (C=O) groups is 1. The molecule has 124 valence electrons. The van der Waals surface area contributed by atoms with E-state index in [1.54, 1.807) is 17.5 Å². The predicted molar refractivity (Wildman–Crippen MR) is 90.6 cm³/mol. The predicted octanol–water partition coefficient (Wildman–Crippen LogP) is 2.68. The van der Waals surface area contributed by atoms with Crippen LogP contribution in [-0.2, 0) is 7.05 Å². The third kappa shape index (κ3) is 3.19. The van der Waals surface area contributed by atoms with E-state index in [9.17, 15) is 9.90 Å². The first-order valence-electron chi connectivity index (χ1n) is 7.99. The van der Waals surface area contributed by atoms with Gasteiger partial charge in [0.05, 0.1) is 5.56 Å². The third-order valence-corrected chi connectivity index (χ3v) is 5.55. The van der Waals surface area contributed by atoms with Gasteiger partial charge in [-0.25, -0.2) is 4.98 Å². The molecule has 3 heterocycles. The summed E-state index contributed by atoms with van der Waals surface area (Å²) in [6, 6.07) is 1.97.